The van der Waals surface area contributed by atoms with Gasteiger partial charge in [-0.2, -0.15) is 0 Å². The third-order valence-corrected chi connectivity index (χ3v) is 5.54. The van der Waals surface area contributed by atoms with Crippen molar-refractivity contribution in [3.8, 4) is 5.75 Å². The summed E-state index contributed by atoms with van der Waals surface area (Å²) >= 11 is 0. The molecule has 1 N–H and O–H groups in total. The van der Waals surface area contributed by atoms with Gasteiger partial charge in [0.2, 0.25) is 0 Å². The van der Waals surface area contributed by atoms with Crippen LogP contribution in [0.2, 0.25) is 0 Å². The van der Waals surface area contributed by atoms with Gasteiger partial charge in [0.05, 0.1) is 36.1 Å². The molecule has 1 atom stereocenters. The van der Waals surface area contributed by atoms with Crippen LogP contribution in [0.25, 0.3) is 5.52 Å². The third kappa shape index (κ3) is 3.68. The van der Waals surface area contributed by atoms with E-state index in [0.29, 0.717) is 12.1 Å². The number of aromatic nitrogens is 4. The molecule has 5 rings (SSSR count). The number of methoxy groups -OCH3 is 1. The van der Waals surface area contributed by atoms with E-state index in [4.69, 9.17) is 4.74 Å². The van der Waals surface area contributed by atoms with Crippen molar-refractivity contribution < 1.29 is 9.53 Å². The smallest absolute Gasteiger partial charge is 0.255 e. The first-order valence-corrected chi connectivity index (χ1v) is 10.2. The standard InChI is InChI=1S/C23H22N6O2/c1-31-19-7-2-6-17(13-19)25-18-9-10-21-22(26-27-29(21)15-18)20-8-4-12-28(20)23(30)16-5-3-11-24-14-16/h2-3,5-7,9-11,13-15,20,25H,4,8,12H2,1H3/t20-/m0/s1. The lowest BCUT2D eigenvalue weighted by molar-refractivity contribution is 0.0733. The summed E-state index contributed by atoms with van der Waals surface area (Å²) in [5, 5.41) is 12.1. The van der Waals surface area contributed by atoms with Crippen LogP contribution in [0.4, 0.5) is 11.4 Å². The Hall–Kier alpha value is -3.94. The lowest BCUT2D eigenvalue weighted by atomic mass is 10.1. The molecule has 4 heterocycles. The van der Waals surface area contributed by atoms with Gasteiger partial charge < -0.3 is 15.0 Å². The number of carbonyl (C=O) groups excluding carboxylic acids is 1. The van der Waals surface area contributed by atoms with Crippen molar-refractivity contribution in [1.82, 2.24) is 24.7 Å². The summed E-state index contributed by atoms with van der Waals surface area (Å²) in [4.78, 5) is 19.0. The lowest BCUT2D eigenvalue weighted by Gasteiger charge is -2.23. The highest BCUT2D eigenvalue weighted by Crippen LogP contribution is 2.34. The van der Waals surface area contributed by atoms with E-state index in [2.05, 4.69) is 20.6 Å². The van der Waals surface area contributed by atoms with Crippen molar-refractivity contribution in [3.05, 3.63) is 78.4 Å². The number of amides is 1. The maximum atomic E-state index is 13.0. The van der Waals surface area contributed by atoms with Gasteiger partial charge in [0.15, 0.2) is 0 Å². The molecule has 0 saturated carbocycles. The first-order valence-electron chi connectivity index (χ1n) is 10.2. The molecule has 31 heavy (non-hydrogen) atoms. The minimum atomic E-state index is -0.0950. The van der Waals surface area contributed by atoms with Gasteiger partial charge in [-0.3, -0.25) is 9.78 Å². The Morgan fingerprint density at radius 2 is 2.10 bits per heavy atom. The number of hydrogen-bond donors (Lipinski definition) is 1. The molecule has 4 aromatic rings. The molecule has 3 aromatic heterocycles. The summed E-state index contributed by atoms with van der Waals surface area (Å²) in [6, 6.07) is 15.2. The minimum Gasteiger partial charge on any atom is -0.497 e. The minimum absolute atomic E-state index is 0.0203. The monoisotopic (exact) mass is 414 g/mol. The molecule has 8 nitrogen and oxygen atoms in total. The molecule has 1 amide bonds. The molecule has 156 valence electrons. The summed E-state index contributed by atoms with van der Waals surface area (Å²) in [6.07, 6.45) is 6.98. The van der Waals surface area contributed by atoms with Crippen LogP contribution in [0.3, 0.4) is 0 Å². The van der Waals surface area contributed by atoms with Crippen LogP contribution in [0.15, 0.2) is 67.1 Å². The number of rotatable bonds is 5. The van der Waals surface area contributed by atoms with E-state index in [-0.39, 0.29) is 11.9 Å². The van der Waals surface area contributed by atoms with E-state index in [1.165, 1.54) is 0 Å². The molecule has 1 saturated heterocycles. The van der Waals surface area contributed by atoms with Crippen LogP contribution in [-0.2, 0) is 0 Å². The topological polar surface area (TPSA) is 84.6 Å². The lowest BCUT2D eigenvalue weighted by Crippen LogP contribution is -2.30. The molecule has 8 heteroatoms. The molecule has 1 aliphatic rings. The van der Waals surface area contributed by atoms with Crippen molar-refractivity contribution in [2.75, 3.05) is 19.0 Å². The van der Waals surface area contributed by atoms with Crippen molar-refractivity contribution >= 4 is 22.8 Å². The van der Waals surface area contributed by atoms with E-state index in [1.807, 2.05) is 47.5 Å². The van der Waals surface area contributed by atoms with Gasteiger partial charge in [0, 0.05) is 30.7 Å². The maximum Gasteiger partial charge on any atom is 0.255 e. The zero-order valence-corrected chi connectivity index (χ0v) is 17.1. The van der Waals surface area contributed by atoms with Gasteiger partial charge in [-0.25, -0.2) is 4.52 Å². The highest BCUT2D eigenvalue weighted by Gasteiger charge is 2.33. The van der Waals surface area contributed by atoms with E-state index < -0.39 is 0 Å². The second-order valence-corrected chi connectivity index (χ2v) is 7.48. The quantitative estimate of drug-likeness (QED) is 0.534. The van der Waals surface area contributed by atoms with Gasteiger partial charge >= 0.3 is 0 Å². The first-order chi connectivity index (χ1) is 15.2. The molecular formula is C23H22N6O2. The molecule has 1 aliphatic heterocycles. The average molecular weight is 414 g/mol. The number of pyridine rings is 2. The molecule has 0 aliphatic carbocycles. The van der Waals surface area contributed by atoms with Crippen LogP contribution in [0, 0.1) is 0 Å². The SMILES string of the molecule is COc1cccc(Nc2ccc3c([C@@H]4CCCN4C(=O)c4cccnc4)nnn3c2)c1. The summed E-state index contributed by atoms with van der Waals surface area (Å²) in [5.41, 5.74) is 4.11. The molecule has 0 spiro atoms. The van der Waals surface area contributed by atoms with Gasteiger partial charge in [-0.1, -0.05) is 11.3 Å². The number of ether oxygens (including phenoxy) is 1. The van der Waals surface area contributed by atoms with Crippen molar-refractivity contribution in [1.29, 1.82) is 0 Å². The molecule has 1 aromatic carbocycles. The third-order valence-electron chi connectivity index (χ3n) is 5.54. The van der Waals surface area contributed by atoms with E-state index >= 15 is 0 Å². The maximum absolute atomic E-state index is 13.0. The molecule has 0 bridgehead atoms. The number of carbonyl (C=O) groups is 1. The Morgan fingerprint density at radius 3 is 2.94 bits per heavy atom. The van der Waals surface area contributed by atoms with E-state index in [0.717, 1.165) is 41.2 Å². The van der Waals surface area contributed by atoms with Gasteiger partial charge in [-0.05, 0) is 49.2 Å². The highest BCUT2D eigenvalue weighted by atomic mass is 16.5. The Balaban J connectivity index is 1.41. The number of fused-ring (bicyclic) bond motifs is 1. The van der Waals surface area contributed by atoms with E-state index in [9.17, 15) is 4.79 Å². The zero-order valence-electron chi connectivity index (χ0n) is 17.1. The van der Waals surface area contributed by atoms with E-state index in [1.54, 1.807) is 36.2 Å². The van der Waals surface area contributed by atoms with Crippen LogP contribution in [0.1, 0.15) is 34.9 Å². The second kappa shape index (κ2) is 8.06. The Morgan fingerprint density at radius 1 is 1.16 bits per heavy atom. The summed E-state index contributed by atoms with van der Waals surface area (Å²) in [5.74, 6) is 0.766. The fraction of sp³-hybridized carbons (Fsp3) is 0.217. The van der Waals surface area contributed by atoms with Gasteiger partial charge in [0.1, 0.15) is 11.4 Å². The van der Waals surface area contributed by atoms with Crippen molar-refractivity contribution in [2.24, 2.45) is 0 Å². The van der Waals surface area contributed by atoms with Gasteiger partial charge in [0.25, 0.3) is 5.91 Å². The van der Waals surface area contributed by atoms with Crippen molar-refractivity contribution in [2.45, 2.75) is 18.9 Å². The second-order valence-electron chi connectivity index (χ2n) is 7.48. The van der Waals surface area contributed by atoms with Crippen LogP contribution < -0.4 is 10.1 Å². The molecular weight excluding hydrogens is 392 g/mol. The fourth-order valence-corrected chi connectivity index (χ4v) is 4.04. The first kappa shape index (κ1) is 19.0. The number of nitrogens with one attached hydrogen (secondary N) is 1. The van der Waals surface area contributed by atoms with Crippen LogP contribution in [-0.4, -0.2) is 44.3 Å². The Bertz CT molecular complexity index is 1220. The fourth-order valence-electron chi connectivity index (χ4n) is 4.04. The molecule has 0 radical (unpaired) electrons. The number of nitrogens with zero attached hydrogens (tertiary/aromatic N) is 5. The predicted molar refractivity (Wildman–Crippen MR) is 117 cm³/mol. The van der Waals surface area contributed by atoms with Crippen LogP contribution in [0.5, 0.6) is 5.75 Å². The number of hydrogen-bond acceptors (Lipinski definition) is 6. The largest absolute Gasteiger partial charge is 0.497 e. The highest BCUT2D eigenvalue weighted by molar-refractivity contribution is 5.94. The molecule has 0 unspecified atom stereocenters. The molecule has 1 fully saturated rings. The number of likely N-dealkylation sites (tertiary alicyclic amines) is 1. The van der Waals surface area contributed by atoms with Crippen LogP contribution >= 0.6 is 0 Å². The summed E-state index contributed by atoms with van der Waals surface area (Å²) < 4.78 is 7.03. The Kier molecular flexibility index (Phi) is 4.95. The normalized spacial score (nSPS) is 15.9. The van der Waals surface area contributed by atoms with Crippen molar-refractivity contribution in [3.63, 3.8) is 0 Å². The Labute approximate surface area is 179 Å². The zero-order chi connectivity index (χ0) is 21.2. The predicted octanol–water partition coefficient (Wildman–Crippen LogP) is 3.85. The average Bonchev–Trinajstić information content (AvgIpc) is 3.46. The number of benzene rings is 1. The summed E-state index contributed by atoms with van der Waals surface area (Å²) in [6.45, 7) is 0.701. The number of anilines is 2. The summed E-state index contributed by atoms with van der Waals surface area (Å²) in [7, 11) is 1.65. The van der Waals surface area contributed by atoms with Gasteiger partial charge in [-0.15, -0.1) is 5.10 Å².